The molecule has 1 fully saturated rings. The number of nitrogens with zero attached hydrogens (tertiary/aromatic N) is 3. The van der Waals surface area contributed by atoms with Crippen LogP contribution in [0.15, 0.2) is 82.7 Å². The number of hydrogen-bond donors (Lipinski definition) is 1. The second-order valence-electron chi connectivity index (χ2n) is 8.90. The minimum absolute atomic E-state index is 0.0432. The minimum Gasteiger partial charge on any atom is -0.507 e. The van der Waals surface area contributed by atoms with Gasteiger partial charge in [-0.2, -0.15) is 0 Å². The number of ether oxygens (including phenoxy) is 2. The van der Waals surface area contributed by atoms with Gasteiger partial charge < -0.3 is 14.6 Å². The Bertz CT molecular complexity index is 1590. The monoisotopic (exact) mass is 607 g/mol. The van der Waals surface area contributed by atoms with Crippen LogP contribution in [0.5, 0.6) is 11.5 Å². The summed E-state index contributed by atoms with van der Waals surface area (Å²) in [6.45, 7) is 4.69. The van der Waals surface area contributed by atoms with Crippen LogP contribution in [0, 0.1) is 0 Å². The lowest BCUT2D eigenvalue weighted by molar-refractivity contribution is -0.132. The summed E-state index contributed by atoms with van der Waals surface area (Å²) in [6.07, 6.45) is 0. The third-order valence-electron chi connectivity index (χ3n) is 6.25. The molecule has 0 bridgehead atoms. The summed E-state index contributed by atoms with van der Waals surface area (Å²) in [4.78, 5) is 28.3. The van der Waals surface area contributed by atoms with Crippen LogP contribution in [0.4, 0.5) is 5.13 Å². The van der Waals surface area contributed by atoms with Gasteiger partial charge in [0.1, 0.15) is 17.3 Å². The molecule has 41 heavy (non-hydrogen) atoms. The predicted octanol–water partition coefficient (Wildman–Crippen LogP) is 6.91. The van der Waals surface area contributed by atoms with Crippen molar-refractivity contribution >= 4 is 57.3 Å². The number of carbonyl (C=O) groups is 2. The van der Waals surface area contributed by atoms with Crippen LogP contribution >= 0.6 is 34.7 Å². The predicted molar refractivity (Wildman–Crippen MR) is 161 cm³/mol. The molecule has 11 heteroatoms. The highest BCUT2D eigenvalue weighted by Gasteiger charge is 2.48. The number of Topliss-reactive ketones (excluding diaryl/α,β-unsaturated/α-hetero) is 1. The zero-order valence-corrected chi connectivity index (χ0v) is 24.6. The SMILES string of the molecule is CCOc1ccc(/C(O)=C2\C(=O)C(=O)N(c3nnc(SCc4ccc(Cl)cc4)s3)C2c2cccc(OCC)c2)cc1. The molecular weight excluding hydrogens is 582 g/mol. The van der Waals surface area contributed by atoms with Crippen molar-refractivity contribution in [1.82, 2.24) is 10.2 Å². The molecule has 1 N–H and O–H groups in total. The van der Waals surface area contributed by atoms with Crippen molar-refractivity contribution in [2.45, 2.75) is 30.0 Å². The van der Waals surface area contributed by atoms with Gasteiger partial charge in [0.15, 0.2) is 4.34 Å². The summed E-state index contributed by atoms with van der Waals surface area (Å²) in [5.74, 6) is -0.0653. The van der Waals surface area contributed by atoms with Gasteiger partial charge >= 0.3 is 5.91 Å². The first-order valence-corrected chi connectivity index (χ1v) is 15.0. The molecule has 0 saturated carbocycles. The number of ketones is 1. The number of rotatable bonds is 10. The number of aliphatic hydroxyl groups is 1. The Morgan fingerprint density at radius 1 is 0.976 bits per heavy atom. The minimum atomic E-state index is -0.941. The Morgan fingerprint density at radius 2 is 1.68 bits per heavy atom. The van der Waals surface area contributed by atoms with E-state index in [1.54, 1.807) is 48.5 Å². The summed E-state index contributed by atoms with van der Waals surface area (Å²) in [6, 6.07) is 20.4. The van der Waals surface area contributed by atoms with Crippen molar-refractivity contribution in [3.05, 3.63) is 100 Å². The van der Waals surface area contributed by atoms with Crippen molar-refractivity contribution in [2.75, 3.05) is 18.1 Å². The Labute approximate surface area is 250 Å². The van der Waals surface area contributed by atoms with Crippen molar-refractivity contribution in [3.63, 3.8) is 0 Å². The first kappa shape index (κ1) is 28.7. The number of hydrogen-bond acceptors (Lipinski definition) is 9. The summed E-state index contributed by atoms with van der Waals surface area (Å²) >= 11 is 8.65. The normalized spacial score (nSPS) is 16.3. The van der Waals surface area contributed by atoms with Crippen LogP contribution in [0.3, 0.4) is 0 Å². The number of carbonyl (C=O) groups excluding carboxylic acids is 2. The Balaban J connectivity index is 1.53. The summed E-state index contributed by atoms with van der Waals surface area (Å²) in [5, 5.41) is 20.8. The van der Waals surface area contributed by atoms with Gasteiger partial charge in [-0.1, -0.05) is 59.0 Å². The Morgan fingerprint density at radius 3 is 2.39 bits per heavy atom. The maximum Gasteiger partial charge on any atom is 0.301 e. The van der Waals surface area contributed by atoms with Crippen LogP contribution in [0.2, 0.25) is 5.02 Å². The number of amides is 1. The number of aliphatic hydroxyl groups excluding tert-OH is 1. The van der Waals surface area contributed by atoms with Gasteiger partial charge in [-0.25, -0.2) is 0 Å². The maximum absolute atomic E-state index is 13.5. The standard InChI is InChI=1S/C30H26ClN3O5S2/c1-3-38-22-14-10-19(11-15-22)26(35)24-25(20-6-5-7-23(16-20)39-4-2)34(28(37)27(24)36)29-32-33-30(41-29)40-17-18-8-12-21(31)13-9-18/h5-16,25,35H,3-4,17H2,1-2H3/b26-24+. The van der Waals surface area contributed by atoms with E-state index in [4.69, 9.17) is 21.1 Å². The molecule has 3 aromatic carbocycles. The first-order chi connectivity index (χ1) is 19.9. The van der Waals surface area contributed by atoms with Crippen LogP contribution in [-0.2, 0) is 15.3 Å². The second-order valence-corrected chi connectivity index (χ2v) is 11.5. The van der Waals surface area contributed by atoms with Gasteiger partial charge in [0.2, 0.25) is 5.13 Å². The van der Waals surface area contributed by atoms with Gasteiger partial charge in [0.05, 0.1) is 24.8 Å². The van der Waals surface area contributed by atoms with Crippen LogP contribution in [0.25, 0.3) is 5.76 Å². The largest absolute Gasteiger partial charge is 0.507 e. The molecule has 8 nitrogen and oxygen atoms in total. The van der Waals surface area contributed by atoms with Crippen molar-refractivity contribution in [1.29, 1.82) is 0 Å². The van der Waals surface area contributed by atoms with E-state index in [2.05, 4.69) is 10.2 Å². The molecule has 1 aliphatic rings. The number of halogens is 1. The number of aromatic nitrogens is 2. The molecule has 1 saturated heterocycles. The van der Waals surface area contributed by atoms with E-state index in [0.717, 1.165) is 5.56 Å². The molecule has 0 aliphatic carbocycles. The third kappa shape index (κ3) is 6.24. The van der Waals surface area contributed by atoms with E-state index in [-0.39, 0.29) is 16.5 Å². The van der Waals surface area contributed by atoms with Gasteiger partial charge in [-0.05, 0) is 73.5 Å². The van der Waals surface area contributed by atoms with Crippen LogP contribution in [0.1, 0.15) is 36.6 Å². The van der Waals surface area contributed by atoms with Gasteiger partial charge in [-0.3, -0.25) is 14.5 Å². The van der Waals surface area contributed by atoms with E-state index >= 15 is 0 Å². The van der Waals surface area contributed by atoms with Crippen molar-refractivity contribution < 1.29 is 24.2 Å². The van der Waals surface area contributed by atoms with E-state index in [9.17, 15) is 14.7 Å². The number of thioether (sulfide) groups is 1. The van der Waals surface area contributed by atoms with E-state index in [1.165, 1.54) is 28.0 Å². The average Bonchev–Trinajstić information content (AvgIpc) is 3.55. The topological polar surface area (TPSA) is 102 Å². The molecule has 1 unspecified atom stereocenters. The van der Waals surface area contributed by atoms with Crippen molar-refractivity contribution in [2.24, 2.45) is 0 Å². The Hall–Kier alpha value is -3.86. The molecule has 4 aromatic rings. The fourth-order valence-electron chi connectivity index (χ4n) is 4.40. The maximum atomic E-state index is 13.5. The highest BCUT2D eigenvalue weighted by molar-refractivity contribution is 8.00. The molecule has 1 atom stereocenters. The molecule has 1 aliphatic heterocycles. The molecule has 1 amide bonds. The number of anilines is 1. The Kier molecular flexibility index (Phi) is 8.92. The number of benzene rings is 3. The molecular formula is C30H26ClN3O5S2. The van der Waals surface area contributed by atoms with E-state index < -0.39 is 17.7 Å². The summed E-state index contributed by atoms with van der Waals surface area (Å²) < 4.78 is 11.8. The van der Waals surface area contributed by atoms with Gasteiger partial charge in [0.25, 0.3) is 5.78 Å². The van der Waals surface area contributed by atoms with Gasteiger partial charge in [-0.15, -0.1) is 10.2 Å². The van der Waals surface area contributed by atoms with Crippen LogP contribution < -0.4 is 14.4 Å². The summed E-state index contributed by atoms with van der Waals surface area (Å²) in [7, 11) is 0. The highest BCUT2D eigenvalue weighted by atomic mass is 35.5. The van der Waals surface area contributed by atoms with Crippen molar-refractivity contribution in [3.8, 4) is 11.5 Å². The zero-order valence-electron chi connectivity index (χ0n) is 22.2. The molecule has 210 valence electrons. The molecule has 1 aromatic heterocycles. The first-order valence-electron chi connectivity index (χ1n) is 12.9. The van der Waals surface area contributed by atoms with Crippen LogP contribution in [-0.4, -0.2) is 40.2 Å². The quantitative estimate of drug-likeness (QED) is 0.0682. The average molecular weight is 608 g/mol. The lowest BCUT2D eigenvalue weighted by Gasteiger charge is -2.23. The second kappa shape index (κ2) is 12.8. The highest BCUT2D eigenvalue weighted by Crippen LogP contribution is 2.44. The molecule has 0 radical (unpaired) electrons. The zero-order chi connectivity index (χ0) is 28.9. The molecule has 0 spiro atoms. The lowest BCUT2D eigenvalue weighted by Crippen LogP contribution is -2.29. The van der Waals surface area contributed by atoms with E-state index in [1.807, 2.05) is 38.1 Å². The summed E-state index contributed by atoms with van der Waals surface area (Å²) in [5.41, 5.74) is 1.99. The third-order valence-corrected chi connectivity index (χ3v) is 8.62. The van der Waals surface area contributed by atoms with E-state index in [0.29, 0.717) is 51.0 Å². The molecule has 5 rings (SSSR count). The lowest BCUT2D eigenvalue weighted by atomic mass is 9.95. The van der Waals surface area contributed by atoms with Gasteiger partial charge in [0, 0.05) is 16.3 Å². The molecule has 2 heterocycles. The smallest absolute Gasteiger partial charge is 0.301 e. The fraction of sp³-hybridized carbons (Fsp3) is 0.200. The fourth-order valence-corrected chi connectivity index (χ4v) is 6.35.